The zero-order valence-corrected chi connectivity index (χ0v) is 25.0. The minimum Gasteiger partial charge on any atom is -0.366 e. The first-order chi connectivity index (χ1) is 19.4. The third-order valence-corrected chi connectivity index (χ3v) is 8.62. The maximum absolute atomic E-state index is 11.8. The lowest BCUT2D eigenvalue weighted by molar-refractivity contribution is -0.115. The van der Waals surface area contributed by atoms with Crippen LogP contribution in [-0.4, -0.2) is 38.0 Å². The number of hydrogen-bond donors (Lipinski definition) is 2. The van der Waals surface area contributed by atoms with E-state index < -0.39 is 0 Å². The van der Waals surface area contributed by atoms with Crippen LogP contribution in [0.5, 0.6) is 0 Å². The molecule has 0 bridgehead atoms. The fourth-order valence-electron chi connectivity index (χ4n) is 5.96. The van der Waals surface area contributed by atoms with Crippen molar-refractivity contribution < 1.29 is 9.59 Å². The molecule has 1 aromatic carbocycles. The van der Waals surface area contributed by atoms with E-state index in [1.165, 1.54) is 75.6 Å². The summed E-state index contributed by atoms with van der Waals surface area (Å²) in [4.78, 5) is 23.6. The second-order valence-electron chi connectivity index (χ2n) is 11.6. The van der Waals surface area contributed by atoms with Crippen LogP contribution in [0.3, 0.4) is 0 Å². The molecule has 4 N–H and O–H groups in total. The van der Waals surface area contributed by atoms with Crippen LogP contribution in [0.4, 0.5) is 11.4 Å². The predicted octanol–water partition coefficient (Wildman–Crippen LogP) is 6.90. The van der Waals surface area contributed by atoms with Gasteiger partial charge in [-0.15, -0.1) is 0 Å². The van der Waals surface area contributed by atoms with E-state index in [0.717, 1.165) is 39.0 Å². The summed E-state index contributed by atoms with van der Waals surface area (Å²) in [5.74, 6) is -0.740. The van der Waals surface area contributed by atoms with Crippen LogP contribution in [-0.2, 0) is 9.59 Å². The molecule has 3 rings (SSSR count). The summed E-state index contributed by atoms with van der Waals surface area (Å²) in [6.07, 6.45) is 27.0. The number of amides is 2. The maximum Gasteiger partial charge on any atom is 0.248 e. The SMILES string of the molecule is CCCCCCCC[N+]1(c2ccc([N+]3(CCCCCCCC)C=CC(C(N)=O)=CC3)cc2)C=CC(C(N)=O)=CC1. The lowest BCUT2D eigenvalue weighted by Crippen LogP contribution is -2.48. The van der Waals surface area contributed by atoms with Crippen LogP contribution < -0.4 is 20.4 Å². The summed E-state index contributed by atoms with van der Waals surface area (Å²) in [6, 6.07) is 9.01. The van der Waals surface area contributed by atoms with Crippen molar-refractivity contribution in [2.24, 2.45) is 11.5 Å². The van der Waals surface area contributed by atoms with Crippen molar-refractivity contribution in [3.05, 3.63) is 72.1 Å². The number of hydrogen-bond acceptors (Lipinski definition) is 2. The largest absolute Gasteiger partial charge is 0.366 e. The summed E-state index contributed by atoms with van der Waals surface area (Å²) < 4.78 is 1.40. The molecule has 0 saturated carbocycles. The molecular weight excluding hydrogens is 496 g/mol. The van der Waals surface area contributed by atoms with Crippen molar-refractivity contribution in [2.45, 2.75) is 90.9 Å². The number of quaternary nitrogens is 2. The highest BCUT2D eigenvalue weighted by molar-refractivity contribution is 5.95. The van der Waals surface area contributed by atoms with Gasteiger partial charge in [-0.2, -0.15) is 0 Å². The summed E-state index contributed by atoms with van der Waals surface area (Å²) in [5.41, 5.74) is 14.8. The van der Waals surface area contributed by atoms with Gasteiger partial charge in [0.1, 0.15) is 36.9 Å². The van der Waals surface area contributed by atoms with Crippen LogP contribution in [0.15, 0.2) is 72.1 Å². The number of primary amides is 2. The fourth-order valence-corrected chi connectivity index (χ4v) is 5.96. The first-order valence-corrected chi connectivity index (χ1v) is 15.6. The average Bonchev–Trinajstić information content (AvgIpc) is 2.97. The van der Waals surface area contributed by atoms with Crippen LogP contribution in [0.1, 0.15) is 90.9 Å². The number of carbonyl (C=O) groups is 2. The van der Waals surface area contributed by atoms with Crippen molar-refractivity contribution in [1.29, 1.82) is 0 Å². The van der Waals surface area contributed by atoms with E-state index in [4.69, 9.17) is 11.5 Å². The van der Waals surface area contributed by atoms with Crippen molar-refractivity contribution in [2.75, 3.05) is 26.2 Å². The average molecular weight is 549 g/mol. The van der Waals surface area contributed by atoms with Gasteiger partial charge in [0.2, 0.25) is 11.8 Å². The van der Waals surface area contributed by atoms with E-state index in [1.807, 2.05) is 24.3 Å². The molecule has 2 unspecified atom stereocenters. The smallest absolute Gasteiger partial charge is 0.248 e. The lowest BCUT2D eigenvalue weighted by Gasteiger charge is -2.38. The maximum atomic E-state index is 11.8. The summed E-state index contributed by atoms with van der Waals surface area (Å²) in [7, 11) is 0. The van der Waals surface area contributed by atoms with Crippen LogP contribution in [0.2, 0.25) is 0 Å². The fraction of sp³-hybridized carbons (Fsp3) is 0.529. The van der Waals surface area contributed by atoms with Crippen molar-refractivity contribution in [3.8, 4) is 0 Å². The molecule has 218 valence electrons. The monoisotopic (exact) mass is 548 g/mol. The Kier molecular flexibility index (Phi) is 12.4. The number of benzene rings is 1. The second kappa shape index (κ2) is 15.7. The number of nitrogens with two attached hydrogens (primary N) is 2. The highest BCUT2D eigenvalue weighted by atomic mass is 16.1. The Morgan fingerprint density at radius 2 is 0.950 bits per heavy atom. The van der Waals surface area contributed by atoms with Gasteiger partial charge in [0.15, 0.2) is 0 Å². The first-order valence-electron chi connectivity index (χ1n) is 15.6. The third kappa shape index (κ3) is 8.52. The van der Waals surface area contributed by atoms with Gasteiger partial charge < -0.3 is 11.5 Å². The van der Waals surface area contributed by atoms with E-state index in [-0.39, 0.29) is 11.8 Å². The molecule has 0 fully saturated rings. The number of nitrogens with zero attached hydrogens (tertiary/aromatic N) is 2. The molecule has 0 aliphatic carbocycles. The van der Waals surface area contributed by atoms with Gasteiger partial charge in [0.05, 0.1) is 13.1 Å². The topological polar surface area (TPSA) is 86.2 Å². The van der Waals surface area contributed by atoms with Gasteiger partial charge in [0, 0.05) is 47.6 Å². The second-order valence-corrected chi connectivity index (χ2v) is 11.6. The Labute approximate surface area is 242 Å². The molecule has 2 aliphatic heterocycles. The molecule has 2 amide bonds. The number of carbonyl (C=O) groups excluding carboxylic acids is 2. The molecule has 6 heteroatoms. The van der Waals surface area contributed by atoms with Gasteiger partial charge in [-0.25, -0.2) is 0 Å². The zero-order valence-electron chi connectivity index (χ0n) is 25.0. The van der Waals surface area contributed by atoms with Gasteiger partial charge >= 0.3 is 0 Å². The van der Waals surface area contributed by atoms with Gasteiger partial charge in [-0.05, 0) is 37.8 Å². The minimum absolute atomic E-state index is 0.370. The van der Waals surface area contributed by atoms with Crippen LogP contribution >= 0.6 is 0 Å². The van der Waals surface area contributed by atoms with E-state index in [2.05, 4.69) is 50.5 Å². The Morgan fingerprint density at radius 3 is 1.25 bits per heavy atom. The normalized spacial score (nSPS) is 22.1. The van der Waals surface area contributed by atoms with Crippen LogP contribution in [0.25, 0.3) is 0 Å². The summed E-state index contributed by atoms with van der Waals surface area (Å²) in [6.45, 7) is 7.94. The minimum atomic E-state index is -0.370. The van der Waals surface area contributed by atoms with Crippen molar-refractivity contribution >= 4 is 23.2 Å². The molecule has 0 saturated heterocycles. The molecule has 0 aromatic heterocycles. The summed E-state index contributed by atoms with van der Waals surface area (Å²) in [5, 5.41) is 0. The molecule has 2 aliphatic rings. The number of unbranched alkanes of at least 4 members (excludes halogenated alkanes) is 10. The van der Waals surface area contributed by atoms with Crippen molar-refractivity contribution in [1.82, 2.24) is 8.97 Å². The highest BCUT2D eigenvalue weighted by Crippen LogP contribution is 2.34. The molecular formula is C34H52N4O2+2. The molecule has 6 nitrogen and oxygen atoms in total. The Bertz CT molecular complexity index is 1010. The van der Waals surface area contributed by atoms with E-state index in [1.54, 1.807) is 0 Å². The van der Waals surface area contributed by atoms with E-state index in [9.17, 15) is 9.59 Å². The first kappa shape index (κ1) is 31.6. The summed E-state index contributed by atoms with van der Waals surface area (Å²) >= 11 is 0. The van der Waals surface area contributed by atoms with Crippen molar-refractivity contribution in [3.63, 3.8) is 0 Å². The van der Waals surface area contributed by atoms with Crippen LogP contribution in [0, 0.1) is 0 Å². The lowest BCUT2D eigenvalue weighted by atomic mass is 10.0. The molecule has 40 heavy (non-hydrogen) atoms. The van der Waals surface area contributed by atoms with E-state index >= 15 is 0 Å². The molecule has 1 aromatic rings. The zero-order chi connectivity index (χ0) is 28.8. The number of rotatable bonds is 18. The van der Waals surface area contributed by atoms with E-state index in [0.29, 0.717) is 20.1 Å². The predicted molar refractivity (Wildman–Crippen MR) is 169 cm³/mol. The molecule has 0 radical (unpaired) electrons. The van der Waals surface area contributed by atoms with Gasteiger partial charge in [0.25, 0.3) is 0 Å². The molecule has 2 atom stereocenters. The van der Waals surface area contributed by atoms with Gasteiger partial charge in [-0.3, -0.25) is 18.6 Å². The Hall–Kier alpha value is -2.96. The Morgan fingerprint density at radius 1 is 0.600 bits per heavy atom. The molecule has 0 spiro atoms. The van der Waals surface area contributed by atoms with Gasteiger partial charge in [-0.1, -0.05) is 65.2 Å². The molecule has 2 heterocycles. The standard InChI is InChI=1S/C34H50N4O2/c1-3-5-7-9-11-13-23-37(25-19-29(20-26-37)33(35)39)31-15-17-32(18-16-31)38(24-14-12-10-8-6-4-2)27-21-30(22-28-38)34(36)40/h15-22,25,27H,3-14,23-24,26,28H2,1-2H3,(H2-2,35,36,39,40)/p+2. The Balaban J connectivity index is 1.80. The highest BCUT2D eigenvalue weighted by Gasteiger charge is 2.33. The third-order valence-electron chi connectivity index (χ3n) is 8.62. The quantitative estimate of drug-likeness (QED) is 0.154.